The van der Waals surface area contributed by atoms with E-state index in [0.717, 1.165) is 0 Å². The number of para-hydroxylation sites is 1. The van der Waals surface area contributed by atoms with Crippen molar-refractivity contribution in [3.05, 3.63) is 90.0 Å². The second kappa shape index (κ2) is 15.4. The highest BCUT2D eigenvalue weighted by Crippen LogP contribution is 2.30. The third-order valence-corrected chi connectivity index (χ3v) is 5.76. The highest BCUT2D eigenvalue weighted by atomic mass is 32.1. The molecule has 0 unspecified atom stereocenters. The van der Waals surface area contributed by atoms with Crippen LogP contribution in [0.1, 0.15) is 35.4 Å². The number of Topliss-reactive ketones (excluding diaryl/α,β-unsaturated/α-hetero) is 1. The van der Waals surface area contributed by atoms with Gasteiger partial charge in [-0.05, 0) is 61.0 Å². The molecule has 206 valence electrons. The zero-order valence-electron chi connectivity index (χ0n) is 21.4. The van der Waals surface area contributed by atoms with Gasteiger partial charge < -0.3 is 24.1 Å². The number of ketones is 1. The second-order valence-electron chi connectivity index (χ2n) is 8.36. The average molecular weight is 554 g/mol. The number of anilines is 1. The molecule has 0 aliphatic rings. The maximum Gasteiger partial charge on any atom is 0.412 e. The molecule has 0 heterocycles. The zero-order valence-corrected chi connectivity index (χ0v) is 22.3. The molecule has 3 aromatic rings. The van der Waals surface area contributed by atoms with Crippen molar-refractivity contribution in [3.8, 4) is 11.5 Å². The van der Waals surface area contributed by atoms with Crippen LogP contribution in [0.4, 0.5) is 10.5 Å². The largest absolute Gasteiger partial charge is 0.491 e. The standard InChI is InChI=1S/C29H31NO8S/c1-20(32)21-7-11-23(12-8-21)30-29(34)38-28(22-9-13-24(14-10-22)35-18-16-31)26(15-17-36-27(33)19-39)37-25-5-3-2-4-6-25/h2-14,26,28,31,39H,15-19H2,1H3,(H,30,34)/t26-,28-/m0/s1. The number of hydrogen-bond acceptors (Lipinski definition) is 9. The summed E-state index contributed by atoms with van der Waals surface area (Å²) < 4.78 is 22.8. The van der Waals surface area contributed by atoms with E-state index in [1.807, 2.05) is 18.2 Å². The number of amides is 1. The summed E-state index contributed by atoms with van der Waals surface area (Å²) in [5.41, 5.74) is 1.57. The summed E-state index contributed by atoms with van der Waals surface area (Å²) in [5, 5.41) is 11.7. The predicted molar refractivity (Wildman–Crippen MR) is 149 cm³/mol. The Labute approximate surface area is 232 Å². The van der Waals surface area contributed by atoms with Gasteiger partial charge in [0, 0.05) is 17.7 Å². The van der Waals surface area contributed by atoms with Crippen LogP contribution in [0.5, 0.6) is 11.5 Å². The molecule has 2 atom stereocenters. The van der Waals surface area contributed by atoms with E-state index in [1.54, 1.807) is 60.7 Å². The first-order valence-corrected chi connectivity index (χ1v) is 12.9. The van der Waals surface area contributed by atoms with Crippen molar-refractivity contribution in [2.45, 2.75) is 25.6 Å². The number of benzene rings is 3. The molecule has 0 saturated heterocycles. The van der Waals surface area contributed by atoms with Gasteiger partial charge in [-0.3, -0.25) is 14.9 Å². The molecule has 0 radical (unpaired) electrons. The van der Waals surface area contributed by atoms with E-state index in [-0.39, 0.29) is 37.8 Å². The van der Waals surface area contributed by atoms with Gasteiger partial charge in [0.15, 0.2) is 11.9 Å². The van der Waals surface area contributed by atoms with Crippen molar-refractivity contribution in [2.75, 3.05) is 30.9 Å². The molecular weight excluding hydrogens is 522 g/mol. The topological polar surface area (TPSA) is 120 Å². The van der Waals surface area contributed by atoms with Crippen molar-refractivity contribution < 1.29 is 38.4 Å². The molecule has 3 aromatic carbocycles. The van der Waals surface area contributed by atoms with E-state index in [0.29, 0.717) is 28.3 Å². The molecule has 2 N–H and O–H groups in total. The Morgan fingerprint density at radius 1 is 0.897 bits per heavy atom. The fraction of sp³-hybridized carbons (Fsp3) is 0.276. The van der Waals surface area contributed by atoms with Crippen molar-refractivity contribution in [1.82, 2.24) is 0 Å². The summed E-state index contributed by atoms with van der Waals surface area (Å²) in [7, 11) is 0. The van der Waals surface area contributed by atoms with Crippen LogP contribution in [-0.2, 0) is 14.3 Å². The summed E-state index contributed by atoms with van der Waals surface area (Å²) >= 11 is 3.93. The summed E-state index contributed by atoms with van der Waals surface area (Å²) in [6.07, 6.45) is -2.19. The van der Waals surface area contributed by atoms with E-state index < -0.39 is 24.3 Å². The number of aliphatic hydroxyl groups excluding tert-OH is 1. The maximum atomic E-state index is 13.0. The first-order valence-electron chi connectivity index (χ1n) is 12.3. The van der Waals surface area contributed by atoms with E-state index in [2.05, 4.69) is 17.9 Å². The number of esters is 1. The first-order chi connectivity index (χ1) is 18.9. The normalized spacial score (nSPS) is 12.1. The summed E-state index contributed by atoms with van der Waals surface area (Å²) in [5.74, 6) is 0.440. The minimum absolute atomic E-state index is 0.0164. The van der Waals surface area contributed by atoms with Crippen LogP contribution in [0.25, 0.3) is 0 Å². The smallest absolute Gasteiger partial charge is 0.412 e. The van der Waals surface area contributed by atoms with Crippen LogP contribution < -0.4 is 14.8 Å². The lowest BCUT2D eigenvalue weighted by molar-refractivity contribution is -0.141. The van der Waals surface area contributed by atoms with Gasteiger partial charge in [-0.25, -0.2) is 4.79 Å². The van der Waals surface area contributed by atoms with Crippen molar-refractivity contribution in [3.63, 3.8) is 0 Å². The SMILES string of the molecule is CC(=O)c1ccc(NC(=O)O[C@@H](c2ccc(OCCO)cc2)[C@H](CCOC(=O)CS)Oc2ccccc2)cc1. The summed E-state index contributed by atoms with van der Waals surface area (Å²) in [6, 6.07) is 22.3. The highest BCUT2D eigenvalue weighted by Gasteiger charge is 2.30. The molecule has 9 nitrogen and oxygen atoms in total. The van der Waals surface area contributed by atoms with Gasteiger partial charge in [-0.15, -0.1) is 0 Å². The Morgan fingerprint density at radius 2 is 1.59 bits per heavy atom. The fourth-order valence-electron chi connectivity index (χ4n) is 3.61. The minimum atomic E-state index is -0.914. The molecule has 39 heavy (non-hydrogen) atoms. The average Bonchev–Trinajstić information content (AvgIpc) is 2.95. The van der Waals surface area contributed by atoms with Gasteiger partial charge in [0.2, 0.25) is 0 Å². The van der Waals surface area contributed by atoms with E-state index >= 15 is 0 Å². The first kappa shape index (κ1) is 29.5. The Balaban J connectivity index is 1.86. The van der Waals surface area contributed by atoms with Crippen LogP contribution in [0.3, 0.4) is 0 Å². The number of carbonyl (C=O) groups excluding carboxylic acids is 3. The third-order valence-electron chi connectivity index (χ3n) is 5.50. The number of aliphatic hydroxyl groups is 1. The maximum absolute atomic E-state index is 13.0. The quantitative estimate of drug-likeness (QED) is 0.147. The fourth-order valence-corrected chi connectivity index (χ4v) is 3.70. The molecule has 0 aliphatic carbocycles. The molecule has 3 rings (SSSR count). The monoisotopic (exact) mass is 553 g/mol. The van der Waals surface area contributed by atoms with Crippen LogP contribution in [0.15, 0.2) is 78.9 Å². The van der Waals surface area contributed by atoms with E-state index in [4.69, 9.17) is 24.1 Å². The van der Waals surface area contributed by atoms with Crippen LogP contribution in [0, 0.1) is 0 Å². The van der Waals surface area contributed by atoms with Crippen LogP contribution in [-0.4, -0.2) is 54.6 Å². The Morgan fingerprint density at radius 3 is 2.21 bits per heavy atom. The second-order valence-corrected chi connectivity index (χ2v) is 8.68. The minimum Gasteiger partial charge on any atom is -0.491 e. The third kappa shape index (κ3) is 9.66. The van der Waals surface area contributed by atoms with E-state index in [1.165, 1.54) is 6.92 Å². The molecule has 0 spiro atoms. The Bertz CT molecular complexity index is 1200. The van der Waals surface area contributed by atoms with Crippen molar-refractivity contribution in [2.24, 2.45) is 0 Å². The number of carbonyl (C=O) groups is 3. The molecule has 0 saturated carbocycles. The van der Waals surface area contributed by atoms with Gasteiger partial charge in [-0.1, -0.05) is 30.3 Å². The van der Waals surface area contributed by atoms with Crippen molar-refractivity contribution in [1.29, 1.82) is 0 Å². The number of hydrogen-bond donors (Lipinski definition) is 3. The number of thiol groups is 1. The van der Waals surface area contributed by atoms with Gasteiger partial charge in [0.1, 0.15) is 24.2 Å². The van der Waals surface area contributed by atoms with Gasteiger partial charge in [0.05, 0.1) is 19.0 Å². The molecule has 1 amide bonds. The van der Waals surface area contributed by atoms with Crippen LogP contribution in [0.2, 0.25) is 0 Å². The Hall–Kier alpha value is -4.02. The Kier molecular flexibility index (Phi) is 11.7. The van der Waals surface area contributed by atoms with Gasteiger partial charge in [0.25, 0.3) is 0 Å². The predicted octanol–water partition coefficient (Wildman–Crippen LogP) is 4.86. The lowest BCUT2D eigenvalue weighted by Crippen LogP contribution is -2.32. The van der Waals surface area contributed by atoms with E-state index in [9.17, 15) is 14.4 Å². The zero-order chi connectivity index (χ0) is 28.0. The summed E-state index contributed by atoms with van der Waals surface area (Å²) in [6.45, 7) is 1.49. The summed E-state index contributed by atoms with van der Waals surface area (Å²) in [4.78, 5) is 36.2. The number of ether oxygens (including phenoxy) is 4. The molecule has 0 fully saturated rings. The molecule has 0 bridgehead atoms. The van der Waals surface area contributed by atoms with Crippen LogP contribution >= 0.6 is 12.6 Å². The lowest BCUT2D eigenvalue weighted by Gasteiger charge is -2.28. The lowest BCUT2D eigenvalue weighted by atomic mass is 10.0. The molecule has 0 aromatic heterocycles. The molecule has 0 aliphatic heterocycles. The highest BCUT2D eigenvalue weighted by molar-refractivity contribution is 7.81. The van der Waals surface area contributed by atoms with Crippen molar-refractivity contribution >= 4 is 36.2 Å². The molecular formula is C29H31NO8S. The van der Waals surface area contributed by atoms with Gasteiger partial charge >= 0.3 is 12.1 Å². The molecule has 10 heteroatoms. The number of rotatable bonds is 14. The van der Waals surface area contributed by atoms with Gasteiger partial charge in [-0.2, -0.15) is 12.6 Å². The number of nitrogens with one attached hydrogen (secondary N) is 1.